The summed E-state index contributed by atoms with van der Waals surface area (Å²) in [6.45, 7) is 3.56. The molecule has 3 N–H and O–H groups in total. The van der Waals surface area contributed by atoms with Crippen LogP contribution in [0.4, 0.5) is 5.95 Å². The van der Waals surface area contributed by atoms with Gasteiger partial charge in [0.1, 0.15) is 6.04 Å². The first-order valence-corrected chi connectivity index (χ1v) is 8.95. The number of para-hydroxylation sites is 3. The molecule has 0 bridgehead atoms. The highest BCUT2D eigenvalue weighted by Crippen LogP contribution is 2.19. The molecule has 28 heavy (non-hydrogen) atoms. The number of nitrogens with one attached hydrogen (secondary N) is 3. The minimum atomic E-state index is -0.992. The van der Waals surface area contributed by atoms with Gasteiger partial charge in [0.15, 0.2) is 0 Å². The molecule has 4 aromatic rings. The highest BCUT2D eigenvalue weighted by atomic mass is 16.2. The van der Waals surface area contributed by atoms with Crippen molar-refractivity contribution in [3.63, 3.8) is 0 Å². The van der Waals surface area contributed by atoms with Gasteiger partial charge in [0.2, 0.25) is 11.9 Å². The molecule has 0 saturated carbocycles. The number of aromatic amines is 2. The first-order chi connectivity index (χ1) is 13.5. The summed E-state index contributed by atoms with van der Waals surface area (Å²) < 4.78 is 0.977. The fourth-order valence-electron chi connectivity index (χ4n) is 3.35. The van der Waals surface area contributed by atoms with Crippen molar-refractivity contribution < 1.29 is 4.79 Å². The van der Waals surface area contributed by atoms with Crippen LogP contribution < -0.4 is 16.6 Å². The standard InChI is InChI=1S/C20H19N5O3/c1-11(2)16(17(26)24-19-21-14-9-5-6-10-15(14)22-19)25-18(27)12-7-3-4-8-13(12)23-20(25)28/h3-11,16H,1-2H3,(H,23,28)(H2,21,22,24,26)/t16-/m0/s1. The van der Waals surface area contributed by atoms with E-state index in [-0.39, 0.29) is 11.9 Å². The molecule has 0 radical (unpaired) electrons. The van der Waals surface area contributed by atoms with Crippen LogP contribution in [0.15, 0.2) is 58.1 Å². The highest BCUT2D eigenvalue weighted by Gasteiger charge is 2.28. The predicted molar refractivity (Wildman–Crippen MR) is 107 cm³/mol. The molecule has 8 heteroatoms. The van der Waals surface area contributed by atoms with E-state index >= 15 is 0 Å². The van der Waals surface area contributed by atoms with Gasteiger partial charge in [0, 0.05) is 0 Å². The monoisotopic (exact) mass is 377 g/mol. The summed E-state index contributed by atoms with van der Waals surface area (Å²) in [6, 6.07) is 13.1. The molecule has 2 aromatic carbocycles. The molecule has 2 aromatic heterocycles. The molecule has 0 aliphatic heterocycles. The molecular weight excluding hydrogens is 358 g/mol. The lowest BCUT2D eigenvalue weighted by Gasteiger charge is -2.21. The Kier molecular flexibility index (Phi) is 4.31. The summed E-state index contributed by atoms with van der Waals surface area (Å²) in [7, 11) is 0. The normalized spacial score (nSPS) is 12.5. The van der Waals surface area contributed by atoms with E-state index in [2.05, 4.69) is 20.3 Å². The lowest BCUT2D eigenvalue weighted by Crippen LogP contribution is -2.44. The Bertz CT molecular complexity index is 1270. The Morgan fingerprint density at radius 3 is 2.39 bits per heavy atom. The Morgan fingerprint density at radius 1 is 1.00 bits per heavy atom. The summed E-state index contributed by atoms with van der Waals surface area (Å²) in [6.07, 6.45) is 0. The highest BCUT2D eigenvalue weighted by molar-refractivity contribution is 5.94. The third-order valence-electron chi connectivity index (χ3n) is 4.65. The largest absolute Gasteiger partial charge is 0.329 e. The van der Waals surface area contributed by atoms with Crippen LogP contribution >= 0.6 is 0 Å². The number of nitrogens with zero attached hydrogens (tertiary/aromatic N) is 2. The van der Waals surface area contributed by atoms with E-state index in [1.54, 1.807) is 38.1 Å². The fourth-order valence-corrected chi connectivity index (χ4v) is 3.35. The van der Waals surface area contributed by atoms with Crippen molar-refractivity contribution in [2.75, 3.05) is 5.32 Å². The molecule has 142 valence electrons. The second-order valence-corrected chi connectivity index (χ2v) is 6.93. The zero-order chi connectivity index (χ0) is 19.8. The van der Waals surface area contributed by atoms with Gasteiger partial charge in [-0.2, -0.15) is 0 Å². The van der Waals surface area contributed by atoms with Crippen LogP contribution in [0.25, 0.3) is 21.9 Å². The SMILES string of the molecule is CC(C)[C@@H](C(=O)Nc1nc2ccccc2[nH]1)n1c(=O)[nH]c2ccccc2c1=O. The summed E-state index contributed by atoms with van der Waals surface area (Å²) in [5.74, 6) is -0.525. The van der Waals surface area contributed by atoms with Gasteiger partial charge in [0.25, 0.3) is 5.56 Å². The van der Waals surface area contributed by atoms with Crippen LogP contribution in [0, 0.1) is 5.92 Å². The third kappa shape index (κ3) is 2.98. The van der Waals surface area contributed by atoms with Crippen molar-refractivity contribution in [2.45, 2.75) is 19.9 Å². The van der Waals surface area contributed by atoms with Gasteiger partial charge in [-0.15, -0.1) is 0 Å². The second-order valence-electron chi connectivity index (χ2n) is 6.93. The molecule has 0 fully saturated rings. The maximum absolute atomic E-state index is 13.0. The van der Waals surface area contributed by atoms with E-state index in [1.807, 2.05) is 24.3 Å². The van der Waals surface area contributed by atoms with Crippen LogP contribution in [0.2, 0.25) is 0 Å². The van der Waals surface area contributed by atoms with Gasteiger partial charge in [0.05, 0.1) is 21.9 Å². The summed E-state index contributed by atoms with van der Waals surface area (Å²) in [4.78, 5) is 48.5. The van der Waals surface area contributed by atoms with E-state index in [0.717, 1.165) is 10.1 Å². The van der Waals surface area contributed by atoms with Crippen LogP contribution in [0.3, 0.4) is 0 Å². The lowest BCUT2D eigenvalue weighted by molar-refractivity contribution is -0.120. The molecule has 8 nitrogen and oxygen atoms in total. The molecule has 0 aliphatic carbocycles. The maximum atomic E-state index is 13.0. The zero-order valence-electron chi connectivity index (χ0n) is 15.4. The van der Waals surface area contributed by atoms with Crippen molar-refractivity contribution in [2.24, 2.45) is 5.92 Å². The van der Waals surface area contributed by atoms with Crippen LogP contribution in [-0.4, -0.2) is 25.4 Å². The average molecular weight is 377 g/mol. The number of benzene rings is 2. The topological polar surface area (TPSA) is 113 Å². The second kappa shape index (κ2) is 6.80. The molecule has 0 unspecified atom stereocenters. The van der Waals surface area contributed by atoms with Gasteiger partial charge < -0.3 is 9.97 Å². The van der Waals surface area contributed by atoms with Crippen LogP contribution in [-0.2, 0) is 4.79 Å². The average Bonchev–Trinajstić information content (AvgIpc) is 3.06. The molecular formula is C20H19N5O3. The summed E-state index contributed by atoms with van der Waals surface area (Å²) >= 11 is 0. The number of carbonyl (C=O) groups excluding carboxylic acids is 1. The first-order valence-electron chi connectivity index (χ1n) is 8.95. The van der Waals surface area contributed by atoms with Crippen molar-refractivity contribution >= 4 is 33.8 Å². The number of hydrogen-bond acceptors (Lipinski definition) is 4. The van der Waals surface area contributed by atoms with E-state index < -0.39 is 23.2 Å². The Balaban J connectivity index is 1.77. The number of aromatic nitrogens is 4. The van der Waals surface area contributed by atoms with Crippen molar-refractivity contribution in [3.05, 3.63) is 69.4 Å². The third-order valence-corrected chi connectivity index (χ3v) is 4.65. The van der Waals surface area contributed by atoms with Crippen molar-refractivity contribution in [1.82, 2.24) is 19.5 Å². The summed E-state index contributed by atoms with van der Waals surface area (Å²) in [5.41, 5.74) is 0.799. The Labute approximate surface area is 159 Å². The van der Waals surface area contributed by atoms with Crippen LogP contribution in [0.5, 0.6) is 0 Å². The van der Waals surface area contributed by atoms with E-state index in [9.17, 15) is 14.4 Å². The fraction of sp³-hybridized carbons (Fsp3) is 0.200. The molecule has 1 amide bonds. The number of hydrogen-bond donors (Lipinski definition) is 3. The van der Waals surface area contributed by atoms with Gasteiger partial charge in [-0.25, -0.2) is 14.3 Å². The minimum absolute atomic E-state index is 0.266. The van der Waals surface area contributed by atoms with Gasteiger partial charge >= 0.3 is 5.69 Å². The minimum Gasteiger partial charge on any atom is -0.324 e. The van der Waals surface area contributed by atoms with Crippen molar-refractivity contribution in [1.29, 1.82) is 0 Å². The van der Waals surface area contributed by atoms with Gasteiger partial charge in [-0.1, -0.05) is 38.1 Å². The number of amides is 1. The summed E-state index contributed by atoms with van der Waals surface area (Å²) in [5, 5.41) is 3.05. The smallest absolute Gasteiger partial charge is 0.324 e. The maximum Gasteiger partial charge on any atom is 0.329 e. The van der Waals surface area contributed by atoms with E-state index in [4.69, 9.17) is 0 Å². The Morgan fingerprint density at radius 2 is 1.68 bits per heavy atom. The molecule has 1 atom stereocenters. The van der Waals surface area contributed by atoms with Gasteiger partial charge in [-0.05, 0) is 30.2 Å². The zero-order valence-corrected chi connectivity index (χ0v) is 15.4. The van der Waals surface area contributed by atoms with E-state index in [0.29, 0.717) is 16.4 Å². The van der Waals surface area contributed by atoms with E-state index in [1.165, 1.54) is 0 Å². The molecule has 4 rings (SSSR count). The Hall–Kier alpha value is -3.68. The molecule has 0 saturated heterocycles. The number of anilines is 1. The van der Waals surface area contributed by atoms with Crippen LogP contribution in [0.1, 0.15) is 19.9 Å². The number of H-pyrrole nitrogens is 2. The van der Waals surface area contributed by atoms with Gasteiger partial charge in [-0.3, -0.25) is 14.9 Å². The number of imidazole rings is 1. The number of rotatable bonds is 4. The van der Waals surface area contributed by atoms with Crippen molar-refractivity contribution in [3.8, 4) is 0 Å². The number of fused-ring (bicyclic) bond motifs is 2. The first kappa shape index (κ1) is 17.7. The lowest BCUT2D eigenvalue weighted by atomic mass is 10.0. The quantitative estimate of drug-likeness (QED) is 0.507. The molecule has 2 heterocycles. The number of carbonyl (C=O) groups is 1. The molecule has 0 spiro atoms. The molecule has 0 aliphatic rings. The predicted octanol–water partition coefficient (Wildman–Crippen LogP) is 2.40.